The highest BCUT2D eigenvalue weighted by atomic mass is 32.1. The summed E-state index contributed by atoms with van der Waals surface area (Å²) in [5, 5.41) is 13.2. The van der Waals surface area contributed by atoms with Crippen LogP contribution in [0.3, 0.4) is 0 Å². The van der Waals surface area contributed by atoms with Gasteiger partial charge in [0.25, 0.3) is 5.69 Å². The summed E-state index contributed by atoms with van der Waals surface area (Å²) < 4.78 is 0. The van der Waals surface area contributed by atoms with Crippen LogP contribution in [0.5, 0.6) is 0 Å². The van der Waals surface area contributed by atoms with Gasteiger partial charge in [0.15, 0.2) is 0 Å². The summed E-state index contributed by atoms with van der Waals surface area (Å²) >= 11 is 4.01. The van der Waals surface area contributed by atoms with Gasteiger partial charge in [-0.05, 0) is 6.07 Å². The van der Waals surface area contributed by atoms with Crippen molar-refractivity contribution in [2.45, 2.75) is 0 Å². The van der Waals surface area contributed by atoms with Crippen LogP contribution in [0.2, 0.25) is 0 Å². The monoisotopic (exact) mass is 199 g/mol. The average Bonchev–Trinajstić information content (AvgIpc) is 2.15. The molecule has 0 fully saturated rings. The fraction of sp³-hybridized carbons (Fsp3) is 0.286. The van der Waals surface area contributed by atoms with Crippen molar-refractivity contribution in [3.05, 3.63) is 28.4 Å². The standard InChI is InChI=1S/C7H9N3O2S/c11-10(12)6-1-2-7(9-5-6)8-3-4-13/h1-2,5,13H,3-4H2,(H,8,9). The molecule has 1 aromatic heterocycles. The van der Waals surface area contributed by atoms with Crippen LogP contribution < -0.4 is 5.32 Å². The van der Waals surface area contributed by atoms with E-state index in [1.54, 1.807) is 6.07 Å². The molecule has 0 aromatic carbocycles. The van der Waals surface area contributed by atoms with E-state index in [2.05, 4.69) is 22.9 Å². The Kier molecular flexibility index (Phi) is 3.51. The van der Waals surface area contributed by atoms with E-state index in [-0.39, 0.29) is 5.69 Å². The smallest absolute Gasteiger partial charge is 0.287 e. The van der Waals surface area contributed by atoms with E-state index in [1.807, 2.05) is 0 Å². The fourth-order valence-electron chi connectivity index (χ4n) is 0.783. The average molecular weight is 199 g/mol. The third-order valence-electron chi connectivity index (χ3n) is 1.38. The number of nitrogens with one attached hydrogen (secondary N) is 1. The van der Waals surface area contributed by atoms with Gasteiger partial charge in [0.1, 0.15) is 12.0 Å². The highest BCUT2D eigenvalue weighted by Gasteiger charge is 2.03. The molecule has 0 radical (unpaired) electrons. The van der Waals surface area contributed by atoms with Crippen molar-refractivity contribution < 1.29 is 4.92 Å². The summed E-state index contributed by atoms with van der Waals surface area (Å²) in [6.07, 6.45) is 1.22. The molecule has 13 heavy (non-hydrogen) atoms. The Morgan fingerprint density at radius 3 is 2.85 bits per heavy atom. The van der Waals surface area contributed by atoms with Gasteiger partial charge in [-0.25, -0.2) is 4.98 Å². The Balaban J connectivity index is 2.64. The van der Waals surface area contributed by atoms with Gasteiger partial charge >= 0.3 is 0 Å². The molecule has 0 unspecified atom stereocenters. The summed E-state index contributed by atoms with van der Waals surface area (Å²) in [5.74, 6) is 1.32. The number of nitrogens with zero attached hydrogens (tertiary/aromatic N) is 2. The summed E-state index contributed by atoms with van der Waals surface area (Å²) in [6, 6.07) is 2.98. The van der Waals surface area contributed by atoms with Gasteiger partial charge in [-0.1, -0.05) is 0 Å². The molecule has 70 valence electrons. The first-order chi connectivity index (χ1) is 6.24. The Morgan fingerprint density at radius 2 is 2.38 bits per heavy atom. The summed E-state index contributed by atoms with van der Waals surface area (Å²) in [6.45, 7) is 0.688. The van der Waals surface area contributed by atoms with Crippen molar-refractivity contribution in [3.63, 3.8) is 0 Å². The molecule has 0 aliphatic rings. The molecule has 0 saturated carbocycles. The van der Waals surface area contributed by atoms with Crippen LogP contribution in [0.4, 0.5) is 11.5 Å². The van der Waals surface area contributed by atoms with E-state index < -0.39 is 4.92 Å². The minimum atomic E-state index is -0.477. The lowest BCUT2D eigenvalue weighted by Gasteiger charge is -2.01. The van der Waals surface area contributed by atoms with Crippen molar-refractivity contribution in [3.8, 4) is 0 Å². The normalized spacial score (nSPS) is 9.62. The van der Waals surface area contributed by atoms with Gasteiger partial charge in [-0.15, -0.1) is 0 Å². The highest BCUT2D eigenvalue weighted by Crippen LogP contribution is 2.11. The number of hydrogen-bond acceptors (Lipinski definition) is 5. The second-order valence-electron chi connectivity index (χ2n) is 2.31. The summed E-state index contributed by atoms with van der Waals surface area (Å²) in [7, 11) is 0. The second kappa shape index (κ2) is 4.66. The van der Waals surface area contributed by atoms with Crippen molar-refractivity contribution in [1.29, 1.82) is 0 Å². The largest absolute Gasteiger partial charge is 0.369 e. The number of rotatable bonds is 4. The lowest BCUT2D eigenvalue weighted by atomic mass is 10.4. The van der Waals surface area contributed by atoms with E-state index in [9.17, 15) is 10.1 Å². The minimum absolute atomic E-state index is 0.00331. The van der Waals surface area contributed by atoms with Crippen molar-refractivity contribution in [2.24, 2.45) is 0 Å². The maximum absolute atomic E-state index is 10.3. The molecule has 1 aromatic rings. The van der Waals surface area contributed by atoms with Gasteiger partial charge < -0.3 is 5.32 Å². The topological polar surface area (TPSA) is 68.1 Å². The predicted octanol–water partition coefficient (Wildman–Crippen LogP) is 1.33. The Morgan fingerprint density at radius 1 is 1.62 bits per heavy atom. The molecular weight excluding hydrogens is 190 g/mol. The molecule has 0 saturated heterocycles. The zero-order valence-corrected chi connectivity index (χ0v) is 7.70. The van der Waals surface area contributed by atoms with E-state index in [0.29, 0.717) is 18.1 Å². The third-order valence-corrected chi connectivity index (χ3v) is 1.60. The van der Waals surface area contributed by atoms with Gasteiger partial charge in [-0.3, -0.25) is 10.1 Å². The number of hydrogen-bond donors (Lipinski definition) is 2. The first-order valence-electron chi connectivity index (χ1n) is 3.69. The molecule has 0 atom stereocenters. The fourth-order valence-corrected chi connectivity index (χ4v) is 0.894. The highest BCUT2D eigenvalue weighted by molar-refractivity contribution is 7.80. The zero-order chi connectivity index (χ0) is 9.68. The molecule has 0 spiro atoms. The number of thiol groups is 1. The van der Waals surface area contributed by atoms with Gasteiger partial charge in [0, 0.05) is 18.4 Å². The molecular formula is C7H9N3O2S. The third kappa shape index (κ3) is 2.90. The first kappa shape index (κ1) is 9.79. The second-order valence-corrected chi connectivity index (χ2v) is 2.76. The lowest BCUT2D eigenvalue weighted by Crippen LogP contribution is -2.04. The number of anilines is 1. The molecule has 0 amide bonds. The lowest BCUT2D eigenvalue weighted by molar-refractivity contribution is -0.385. The first-order valence-corrected chi connectivity index (χ1v) is 4.32. The molecule has 0 aliphatic heterocycles. The summed E-state index contributed by atoms with van der Waals surface area (Å²) in [5.41, 5.74) is -0.00331. The van der Waals surface area contributed by atoms with Crippen LogP contribution in [-0.2, 0) is 0 Å². The maximum Gasteiger partial charge on any atom is 0.287 e. The van der Waals surface area contributed by atoms with Crippen LogP contribution in [0, 0.1) is 10.1 Å². The van der Waals surface area contributed by atoms with E-state index in [0.717, 1.165) is 0 Å². The molecule has 1 N–H and O–H groups in total. The molecule has 6 heteroatoms. The maximum atomic E-state index is 10.3. The van der Waals surface area contributed by atoms with Crippen LogP contribution in [0.1, 0.15) is 0 Å². The van der Waals surface area contributed by atoms with Crippen LogP contribution >= 0.6 is 12.6 Å². The minimum Gasteiger partial charge on any atom is -0.369 e. The van der Waals surface area contributed by atoms with Gasteiger partial charge in [0.2, 0.25) is 0 Å². The quantitative estimate of drug-likeness (QED) is 0.436. The molecule has 0 bridgehead atoms. The molecule has 5 nitrogen and oxygen atoms in total. The van der Waals surface area contributed by atoms with Crippen molar-refractivity contribution in [2.75, 3.05) is 17.6 Å². The van der Waals surface area contributed by atoms with Gasteiger partial charge in [0.05, 0.1) is 4.92 Å². The number of aromatic nitrogens is 1. The molecule has 1 heterocycles. The summed E-state index contributed by atoms with van der Waals surface area (Å²) in [4.78, 5) is 13.6. The number of pyridine rings is 1. The molecule has 0 aliphatic carbocycles. The SMILES string of the molecule is O=[N+]([O-])c1ccc(NCCS)nc1. The van der Waals surface area contributed by atoms with E-state index in [4.69, 9.17) is 0 Å². The zero-order valence-electron chi connectivity index (χ0n) is 6.80. The Bertz CT molecular complexity index is 288. The van der Waals surface area contributed by atoms with Crippen LogP contribution in [0.25, 0.3) is 0 Å². The molecule has 1 rings (SSSR count). The Labute approximate surface area is 80.7 Å². The van der Waals surface area contributed by atoms with Crippen LogP contribution in [-0.4, -0.2) is 22.2 Å². The van der Waals surface area contributed by atoms with E-state index >= 15 is 0 Å². The van der Waals surface area contributed by atoms with Crippen LogP contribution in [0.15, 0.2) is 18.3 Å². The Hall–Kier alpha value is -1.30. The van der Waals surface area contributed by atoms with Crippen molar-refractivity contribution >= 4 is 24.1 Å². The van der Waals surface area contributed by atoms with Crippen molar-refractivity contribution in [1.82, 2.24) is 4.98 Å². The van der Waals surface area contributed by atoms with Gasteiger partial charge in [-0.2, -0.15) is 12.6 Å². The predicted molar refractivity (Wildman–Crippen MR) is 53.2 cm³/mol. The van der Waals surface area contributed by atoms with E-state index in [1.165, 1.54) is 12.3 Å². The number of nitro groups is 1.